The molecule has 1 saturated carbocycles. The van der Waals surface area contributed by atoms with Gasteiger partial charge in [0.2, 0.25) is 5.95 Å². The fourth-order valence-corrected chi connectivity index (χ4v) is 3.68. The van der Waals surface area contributed by atoms with Gasteiger partial charge in [0.15, 0.2) is 0 Å². The van der Waals surface area contributed by atoms with E-state index in [0.29, 0.717) is 5.41 Å². The van der Waals surface area contributed by atoms with Crippen molar-refractivity contribution in [3.8, 4) is 0 Å². The number of anilines is 1. The highest BCUT2D eigenvalue weighted by Gasteiger charge is 2.37. The molecule has 0 amide bonds. The van der Waals surface area contributed by atoms with Crippen molar-refractivity contribution in [2.24, 2.45) is 5.41 Å². The molecule has 2 aliphatic rings. The standard InChI is InChI=1S/C16H26N4/c1-2-17-11-14-12-18-15(19-13-14)20-9-7-16(8-10-20)5-3-4-6-16/h12-13,17H,2-11H2,1H3. The highest BCUT2D eigenvalue weighted by atomic mass is 15.2. The van der Waals surface area contributed by atoms with E-state index >= 15 is 0 Å². The van der Waals surface area contributed by atoms with E-state index in [9.17, 15) is 0 Å². The summed E-state index contributed by atoms with van der Waals surface area (Å²) in [4.78, 5) is 11.5. The van der Waals surface area contributed by atoms with Crippen LogP contribution in [0, 0.1) is 5.41 Å². The zero-order valence-corrected chi connectivity index (χ0v) is 12.6. The summed E-state index contributed by atoms with van der Waals surface area (Å²) in [6.07, 6.45) is 12.4. The smallest absolute Gasteiger partial charge is 0.225 e. The quantitative estimate of drug-likeness (QED) is 0.916. The number of piperidine rings is 1. The average molecular weight is 274 g/mol. The Kier molecular flexibility index (Phi) is 4.20. The molecule has 4 heteroatoms. The minimum absolute atomic E-state index is 0.668. The maximum Gasteiger partial charge on any atom is 0.225 e. The normalized spacial score (nSPS) is 21.6. The van der Waals surface area contributed by atoms with E-state index < -0.39 is 0 Å². The van der Waals surface area contributed by atoms with E-state index in [-0.39, 0.29) is 0 Å². The summed E-state index contributed by atoms with van der Waals surface area (Å²) in [5.41, 5.74) is 1.83. The van der Waals surface area contributed by atoms with Crippen molar-refractivity contribution in [1.29, 1.82) is 0 Å². The third-order valence-corrected chi connectivity index (χ3v) is 5.04. The van der Waals surface area contributed by atoms with Gasteiger partial charge in [-0.05, 0) is 37.6 Å². The molecule has 1 spiro atoms. The first-order valence-electron chi connectivity index (χ1n) is 8.08. The van der Waals surface area contributed by atoms with Gasteiger partial charge in [-0.3, -0.25) is 0 Å². The van der Waals surface area contributed by atoms with Gasteiger partial charge in [0.1, 0.15) is 0 Å². The van der Waals surface area contributed by atoms with Crippen molar-refractivity contribution in [2.75, 3.05) is 24.5 Å². The molecule has 1 aromatic heterocycles. The van der Waals surface area contributed by atoms with Crippen LogP contribution in [-0.4, -0.2) is 29.6 Å². The number of rotatable bonds is 4. The first kappa shape index (κ1) is 13.8. The lowest BCUT2D eigenvalue weighted by atomic mass is 9.77. The summed E-state index contributed by atoms with van der Waals surface area (Å²) in [5.74, 6) is 0.915. The van der Waals surface area contributed by atoms with Crippen LogP contribution in [0.25, 0.3) is 0 Å². The highest BCUT2D eigenvalue weighted by molar-refractivity contribution is 5.31. The van der Waals surface area contributed by atoms with E-state index in [4.69, 9.17) is 0 Å². The van der Waals surface area contributed by atoms with E-state index in [1.54, 1.807) is 0 Å². The van der Waals surface area contributed by atoms with Gasteiger partial charge in [-0.2, -0.15) is 0 Å². The number of nitrogens with zero attached hydrogens (tertiary/aromatic N) is 3. The third kappa shape index (κ3) is 2.95. The molecule has 110 valence electrons. The molecule has 2 fully saturated rings. The molecule has 4 nitrogen and oxygen atoms in total. The maximum atomic E-state index is 4.55. The van der Waals surface area contributed by atoms with Crippen LogP contribution in [0.4, 0.5) is 5.95 Å². The van der Waals surface area contributed by atoms with E-state index in [1.807, 2.05) is 12.4 Å². The molecule has 0 unspecified atom stereocenters. The highest BCUT2D eigenvalue weighted by Crippen LogP contribution is 2.46. The van der Waals surface area contributed by atoms with Gasteiger partial charge in [0, 0.05) is 37.6 Å². The lowest BCUT2D eigenvalue weighted by Crippen LogP contribution is -2.39. The van der Waals surface area contributed by atoms with Crippen LogP contribution in [0.5, 0.6) is 0 Å². The second kappa shape index (κ2) is 6.08. The van der Waals surface area contributed by atoms with Crippen LogP contribution >= 0.6 is 0 Å². The van der Waals surface area contributed by atoms with E-state index in [2.05, 4.69) is 27.1 Å². The van der Waals surface area contributed by atoms with Crippen LogP contribution in [0.3, 0.4) is 0 Å². The summed E-state index contributed by atoms with van der Waals surface area (Å²) in [5, 5.41) is 3.30. The summed E-state index contributed by atoms with van der Waals surface area (Å²) >= 11 is 0. The second-order valence-electron chi connectivity index (χ2n) is 6.37. The summed E-state index contributed by atoms with van der Waals surface area (Å²) in [6, 6.07) is 0. The molecule has 1 N–H and O–H groups in total. The summed E-state index contributed by atoms with van der Waals surface area (Å²) in [6.45, 7) is 6.22. The monoisotopic (exact) mass is 274 g/mol. The molecule has 0 radical (unpaired) electrons. The number of nitrogens with one attached hydrogen (secondary N) is 1. The minimum atomic E-state index is 0.668. The Morgan fingerprint density at radius 2 is 1.75 bits per heavy atom. The van der Waals surface area contributed by atoms with Gasteiger partial charge < -0.3 is 10.2 Å². The Labute approximate surface area is 122 Å². The number of hydrogen-bond acceptors (Lipinski definition) is 4. The van der Waals surface area contributed by atoms with Gasteiger partial charge >= 0.3 is 0 Å². The zero-order valence-electron chi connectivity index (χ0n) is 12.6. The third-order valence-electron chi connectivity index (χ3n) is 5.04. The molecular formula is C16H26N4. The van der Waals surface area contributed by atoms with Crippen molar-refractivity contribution in [1.82, 2.24) is 15.3 Å². The average Bonchev–Trinajstić information content (AvgIpc) is 2.95. The predicted molar refractivity (Wildman–Crippen MR) is 81.8 cm³/mol. The lowest BCUT2D eigenvalue weighted by molar-refractivity contribution is 0.225. The molecule has 1 saturated heterocycles. The van der Waals surface area contributed by atoms with Crippen molar-refractivity contribution in [2.45, 2.75) is 52.0 Å². The number of hydrogen-bond donors (Lipinski definition) is 1. The minimum Gasteiger partial charge on any atom is -0.341 e. The molecule has 2 heterocycles. The van der Waals surface area contributed by atoms with Crippen molar-refractivity contribution in [3.05, 3.63) is 18.0 Å². The topological polar surface area (TPSA) is 41.1 Å². The molecular weight excluding hydrogens is 248 g/mol. The summed E-state index contributed by atoms with van der Waals surface area (Å²) in [7, 11) is 0. The molecule has 1 aliphatic carbocycles. The van der Waals surface area contributed by atoms with E-state index in [1.165, 1.54) is 44.1 Å². The Hall–Kier alpha value is -1.16. The van der Waals surface area contributed by atoms with Crippen LogP contribution < -0.4 is 10.2 Å². The first-order chi connectivity index (χ1) is 9.81. The van der Waals surface area contributed by atoms with Crippen LogP contribution in [0.15, 0.2) is 12.4 Å². The Morgan fingerprint density at radius 1 is 1.10 bits per heavy atom. The summed E-state index contributed by atoms with van der Waals surface area (Å²) < 4.78 is 0. The maximum absolute atomic E-state index is 4.55. The Morgan fingerprint density at radius 3 is 2.35 bits per heavy atom. The van der Waals surface area contributed by atoms with Crippen molar-refractivity contribution >= 4 is 5.95 Å². The molecule has 1 aliphatic heterocycles. The van der Waals surface area contributed by atoms with E-state index in [0.717, 1.165) is 32.1 Å². The fraction of sp³-hybridized carbons (Fsp3) is 0.750. The Bertz CT molecular complexity index is 413. The molecule has 0 bridgehead atoms. The van der Waals surface area contributed by atoms with Crippen molar-refractivity contribution in [3.63, 3.8) is 0 Å². The van der Waals surface area contributed by atoms with Crippen LogP contribution in [0.1, 0.15) is 51.0 Å². The largest absolute Gasteiger partial charge is 0.341 e. The zero-order chi connectivity index (χ0) is 13.8. The number of aromatic nitrogens is 2. The second-order valence-corrected chi connectivity index (χ2v) is 6.37. The predicted octanol–water partition coefficient (Wildman–Crippen LogP) is 2.75. The van der Waals surface area contributed by atoms with Gasteiger partial charge in [0.05, 0.1) is 0 Å². The van der Waals surface area contributed by atoms with Gasteiger partial charge in [0.25, 0.3) is 0 Å². The van der Waals surface area contributed by atoms with Gasteiger partial charge in [-0.25, -0.2) is 9.97 Å². The molecule has 0 aromatic carbocycles. The SMILES string of the molecule is CCNCc1cnc(N2CCC3(CCCC3)CC2)nc1. The molecule has 1 aromatic rings. The van der Waals surface area contributed by atoms with Gasteiger partial charge in [-0.1, -0.05) is 19.8 Å². The molecule has 0 atom stereocenters. The lowest BCUT2D eigenvalue weighted by Gasteiger charge is -2.39. The van der Waals surface area contributed by atoms with Crippen molar-refractivity contribution < 1.29 is 0 Å². The van der Waals surface area contributed by atoms with Crippen LogP contribution in [0.2, 0.25) is 0 Å². The molecule has 20 heavy (non-hydrogen) atoms. The fourth-order valence-electron chi connectivity index (χ4n) is 3.68. The first-order valence-corrected chi connectivity index (χ1v) is 8.08. The molecule has 3 rings (SSSR count). The Balaban J connectivity index is 1.57. The van der Waals surface area contributed by atoms with Gasteiger partial charge in [-0.15, -0.1) is 0 Å². The van der Waals surface area contributed by atoms with Crippen LogP contribution in [-0.2, 0) is 6.54 Å².